The number of benzene rings is 1. The van der Waals surface area contributed by atoms with Crippen molar-refractivity contribution in [3.8, 4) is 0 Å². The number of esters is 2. The number of carbonyl (C=O) groups excluding carboxylic acids is 2. The van der Waals surface area contributed by atoms with E-state index in [0.717, 1.165) is 16.5 Å². The van der Waals surface area contributed by atoms with Gasteiger partial charge in [0.05, 0.1) is 13.7 Å². The summed E-state index contributed by atoms with van der Waals surface area (Å²) < 4.78 is 15.3. The van der Waals surface area contributed by atoms with Gasteiger partial charge in [0, 0.05) is 18.0 Å². The Hall–Kier alpha value is -2.34. The number of hydrogen-bond donors (Lipinski definition) is 1. The highest BCUT2D eigenvalue weighted by molar-refractivity contribution is 5.98. The third-order valence-corrected chi connectivity index (χ3v) is 4.07. The fourth-order valence-corrected chi connectivity index (χ4v) is 2.54. The second-order valence-corrected chi connectivity index (χ2v) is 5.33. The second kappa shape index (κ2) is 6.42. The average Bonchev–Trinajstić information content (AvgIpc) is 2.90. The molecule has 0 spiro atoms. The minimum atomic E-state index is -1.21. The Balaban J connectivity index is 2.56. The number of hydrogen-bond acceptors (Lipinski definition) is 5. The zero-order valence-electron chi connectivity index (χ0n) is 14.0. The number of ether oxygens (including phenoxy) is 3. The predicted molar refractivity (Wildman–Crippen MR) is 85.4 cm³/mol. The molecular weight excluding hydrogens is 298 g/mol. The van der Waals surface area contributed by atoms with E-state index < -0.39 is 17.5 Å². The van der Waals surface area contributed by atoms with Gasteiger partial charge in [-0.05, 0) is 44.0 Å². The summed E-state index contributed by atoms with van der Waals surface area (Å²) in [4.78, 5) is 27.1. The van der Waals surface area contributed by atoms with Crippen molar-refractivity contribution in [2.75, 3.05) is 20.8 Å². The van der Waals surface area contributed by atoms with E-state index in [4.69, 9.17) is 14.2 Å². The van der Waals surface area contributed by atoms with Crippen molar-refractivity contribution in [1.29, 1.82) is 0 Å². The number of aryl methyl sites for hydroxylation is 1. The average molecular weight is 319 g/mol. The lowest BCUT2D eigenvalue weighted by atomic mass is 9.94. The highest BCUT2D eigenvalue weighted by Gasteiger charge is 2.37. The molecule has 2 aromatic rings. The number of methoxy groups -OCH3 is 2. The molecule has 0 aliphatic rings. The molecule has 1 aromatic carbocycles. The quantitative estimate of drug-likeness (QED) is 0.857. The van der Waals surface area contributed by atoms with Crippen LogP contribution < -0.4 is 0 Å². The van der Waals surface area contributed by atoms with Crippen LogP contribution in [0.5, 0.6) is 0 Å². The van der Waals surface area contributed by atoms with Gasteiger partial charge in [-0.25, -0.2) is 9.59 Å². The largest absolute Gasteiger partial charge is 0.467 e. The lowest BCUT2D eigenvalue weighted by Crippen LogP contribution is -2.35. The molecule has 0 saturated heterocycles. The molecule has 0 radical (unpaired) electrons. The first-order valence-corrected chi connectivity index (χ1v) is 7.32. The molecule has 1 atom stereocenters. The van der Waals surface area contributed by atoms with Crippen LogP contribution in [0.2, 0.25) is 0 Å². The van der Waals surface area contributed by atoms with Crippen molar-refractivity contribution >= 4 is 22.8 Å². The number of aromatic nitrogens is 1. The minimum absolute atomic E-state index is 0.309. The summed E-state index contributed by atoms with van der Waals surface area (Å²) in [6.07, 6.45) is 0. The van der Waals surface area contributed by atoms with Crippen molar-refractivity contribution in [3.63, 3.8) is 0 Å². The van der Waals surface area contributed by atoms with Gasteiger partial charge in [-0.15, -0.1) is 0 Å². The monoisotopic (exact) mass is 319 g/mol. The van der Waals surface area contributed by atoms with Crippen LogP contribution in [0, 0.1) is 6.92 Å². The van der Waals surface area contributed by atoms with E-state index >= 15 is 0 Å². The molecule has 23 heavy (non-hydrogen) atoms. The zero-order chi connectivity index (χ0) is 17.2. The summed E-state index contributed by atoms with van der Waals surface area (Å²) in [5.41, 5.74) is 1.41. The first kappa shape index (κ1) is 17.0. The third kappa shape index (κ3) is 2.82. The van der Waals surface area contributed by atoms with Crippen molar-refractivity contribution in [1.82, 2.24) is 4.98 Å². The Morgan fingerprint density at radius 2 is 1.96 bits per heavy atom. The fraction of sp³-hybridized carbons (Fsp3) is 0.412. The maximum absolute atomic E-state index is 12.1. The summed E-state index contributed by atoms with van der Waals surface area (Å²) in [6.45, 7) is 5.54. The Labute approximate surface area is 134 Å². The van der Waals surface area contributed by atoms with Crippen LogP contribution in [0.4, 0.5) is 0 Å². The smallest absolute Gasteiger partial charge is 0.355 e. The summed E-state index contributed by atoms with van der Waals surface area (Å²) >= 11 is 0. The van der Waals surface area contributed by atoms with Gasteiger partial charge in [-0.3, -0.25) is 0 Å². The maximum atomic E-state index is 12.1. The van der Waals surface area contributed by atoms with Crippen LogP contribution in [0.1, 0.15) is 35.5 Å². The molecule has 0 bridgehead atoms. The molecule has 6 nitrogen and oxygen atoms in total. The standard InChI is InChI=1S/C17H21NO5/c1-6-23-15(19)14-10(2)12-9-11(7-8-13(12)18-14)17(3,22-5)16(20)21-4/h7-9,18H,6H2,1-5H3. The number of fused-ring (bicyclic) bond motifs is 1. The first-order valence-electron chi connectivity index (χ1n) is 7.32. The van der Waals surface area contributed by atoms with Crippen LogP contribution >= 0.6 is 0 Å². The second-order valence-electron chi connectivity index (χ2n) is 5.33. The molecule has 1 aromatic heterocycles. The number of rotatable bonds is 5. The van der Waals surface area contributed by atoms with Gasteiger partial charge in [-0.2, -0.15) is 0 Å². The predicted octanol–water partition coefficient (Wildman–Crippen LogP) is 2.69. The van der Waals surface area contributed by atoms with Crippen LogP contribution in [0.3, 0.4) is 0 Å². The summed E-state index contributed by atoms with van der Waals surface area (Å²) in [7, 11) is 2.77. The van der Waals surface area contributed by atoms with E-state index in [1.165, 1.54) is 14.2 Å². The molecular formula is C17H21NO5. The van der Waals surface area contributed by atoms with Crippen LogP contribution in [0.15, 0.2) is 18.2 Å². The summed E-state index contributed by atoms with van der Waals surface area (Å²) in [5, 5.41) is 0.831. The molecule has 6 heteroatoms. The number of aromatic amines is 1. The van der Waals surface area contributed by atoms with E-state index in [-0.39, 0.29) is 0 Å². The van der Waals surface area contributed by atoms with Crippen LogP contribution in [-0.4, -0.2) is 37.7 Å². The molecule has 1 N–H and O–H groups in total. The van der Waals surface area contributed by atoms with Crippen LogP contribution in [-0.2, 0) is 24.6 Å². The molecule has 0 aliphatic heterocycles. The molecule has 0 saturated carbocycles. The van der Waals surface area contributed by atoms with Crippen molar-refractivity contribution in [3.05, 3.63) is 35.0 Å². The van der Waals surface area contributed by atoms with Gasteiger partial charge in [0.2, 0.25) is 0 Å². The van der Waals surface area contributed by atoms with Gasteiger partial charge in [0.15, 0.2) is 5.60 Å². The van der Waals surface area contributed by atoms with Crippen molar-refractivity contribution in [2.24, 2.45) is 0 Å². The SMILES string of the molecule is CCOC(=O)c1[nH]c2ccc(C(C)(OC)C(=O)OC)cc2c1C. The highest BCUT2D eigenvalue weighted by atomic mass is 16.6. The Morgan fingerprint density at radius 1 is 1.26 bits per heavy atom. The number of carbonyl (C=O) groups is 2. The van der Waals surface area contributed by atoms with E-state index in [9.17, 15) is 9.59 Å². The van der Waals surface area contributed by atoms with Gasteiger partial charge in [0.25, 0.3) is 0 Å². The molecule has 2 rings (SSSR count). The topological polar surface area (TPSA) is 77.6 Å². The number of nitrogens with one attached hydrogen (secondary N) is 1. The van der Waals surface area contributed by atoms with Gasteiger partial charge in [-0.1, -0.05) is 6.07 Å². The first-order chi connectivity index (χ1) is 10.9. The fourth-order valence-electron chi connectivity index (χ4n) is 2.54. The normalized spacial score (nSPS) is 13.6. The Bertz CT molecular complexity index is 749. The van der Waals surface area contributed by atoms with Crippen molar-refractivity contribution < 1.29 is 23.8 Å². The van der Waals surface area contributed by atoms with Gasteiger partial charge in [0.1, 0.15) is 5.69 Å². The Kier molecular flexibility index (Phi) is 4.75. The molecule has 1 heterocycles. The lowest BCUT2D eigenvalue weighted by molar-refractivity contribution is -0.165. The van der Waals surface area contributed by atoms with E-state index in [1.807, 2.05) is 13.0 Å². The van der Waals surface area contributed by atoms with Crippen molar-refractivity contribution in [2.45, 2.75) is 26.4 Å². The molecule has 1 unspecified atom stereocenters. The van der Waals surface area contributed by atoms with Gasteiger partial charge >= 0.3 is 11.9 Å². The third-order valence-electron chi connectivity index (χ3n) is 4.07. The summed E-state index contributed by atoms with van der Waals surface area (Å²) in [6, 6.07) is 5.40. The Morgan fingerprint density at radius 3 is 2.52 bits per heavy atom. The highest BCUT2D eigenvalue weighted by Crippen LogP contribution is 2.31. The molecule has 0 fully saturated rings. The molecule has 0 amide bonds. The van der Waals surface area contributed by atoms with Crippen LogP contribution in [0.25, 0.3) is 10.9 Å². The number of H-pyrrole nitrogens is 1. The minimum Gasteiger partial charge on any atom is -0.467 e. The molecule has 124 valence electrons. The zero-order valence-corrected chi connectivity index (χ0v) is 14.0. The van der Waals surface area contributed by atoms with E-state index in [1.54, 1.807) is 26.0 Å². The maximum Gasteiger partial charge on any atom is 0.355 e. The molecule has 0 aliphatic carbocycles. The summed E-state index contributed by atoms with van der Waals surface area (Å²) in [5.74, 6) is -0.886. The van der Waals surface area contributed by atoms with E-state index in [0.29, 0.717) is 17.9 Å². The lowest BCUT2D eigenvalue weighted by Gasteiger charge is -2.25. The van der Waals surface area contributed by atoms with E-state index in [2.05, 4.69) is 4.98 Å². The van der Waals surface area contributed by atoms with Gasteiger partial charge < -0.3 is 19.2 Å².